The van der Waals surface area contributed by atoms with Gasteiger partial charge in [-0.15, -0.1) is 0 Å². The minimum Gasteiger partial charge on any atom is -0.357 e. The van der Waals surface area contributed by atoms with Gasteiger partial charge in [-0.1, -0.05) is 35.9 Å². The highest BCUT2D eigenvalue weighted by atomic mass is 35.5. The second kappa shape index (κ2) is 10.6. The van der Waals surface area contributed by atoms with Crippen molar-refractivity contribution in [3.05, 3.63) is 70.2 Å². The molecule has 2 rings (SSSR count). The van der Waals surface area contributed by atoms with E-state index in [9.17, 15) is 4.79 Å². The van der Waals surface area contributed by atoms with Crippen LogP contribution < -0.4 is 10.6 Å². The molecule has 0 aliphatic rings. The van der Waals surface area contributed by atoms with Crippen molar-refractivity contribution in [3.63, 3.8) is 0 Å². The van der Waals surface area contributed by atoms with Crippen molar-refractivity contribution in [2.45, 2.75) is 19.9 Å². The van der Waals surface area contributed by atoms with Gasteiger partial charge in [-0.25, -0.2) is 0 Å². The van der Waals surface area contributed by atoms with Crippen molar-refractivity contribution < 1.29 is 4.79 Å². The van der Waals surface area contributed by atoms with Crippen LogP contribution in [0.4, 0.5) is 0 Å². The molecule has 27 heavy (non-hydrogen) atoms. The molecule has 0 aromatic heterocycles. The zero-order valence-corrected chi connectivity index (χ0v) is 16.9. The van der Waals surface area contributed by atoms with Gasteiger partial charge in [-0.05, 0) is 48.7 Å². The summed E-state index contributed by atoms with van der Waals surface area (Å²) in [6.45, 7) is 4.21. The molecule has 0 saturated carbocycles. The molecule has 0 atom stereocenters. The van der Waals surface area contributed by atoms with Crippen LogP contribution in [0.1, 0.15) is 28.4 Å². The maximum absolute atomic E-state index is 11.8. The van der Waals surface area contributed by atoms with Gasteiger partial charge in [0.25, 0.3) is 5.91 Å². The summed E-state index contributed by atoms with van der Waals surface area (Å²) < 4.78 is 0. The average Bonchev–Trinajstić information content (AvgIpc) is 2.67. The lowest BCUT2D eigenvalue weighted by Gasteiger charge is -2.22. The average molecular weight is 387 g/mol. The minimum absolute atomic E-state index is 0.0741. The first kappa shape index (κ1) is 20.8. The van der Waals surface area contributed by atoms with Crippen LogP contribution in [0.25, 0.3) is 0 Å². The highest BCUT2D eigenvalue weighted by Gasteiger charge is 2.07. The Balaban J connectivity index is 2.01. The van der Waals surface area contributed by atoms with E-state index in [1.807, 2.05) is 49.5 Å². The molecule has 6 heteroatoms. The molecule has 2 N–H and O–H groups in total. The largest absolute Gasteiger partial charge is 0.357 e. The molecule has 0 heterocycles. The Morgan fingerprint density at radius 2 is 1.89 bits per heavy atom. The summed E-state index contributed by atoms with van der Waals surface area (Å²) in [6.07, 6.45) is 0.769. The molecule has 0 saturated heterocycles. The Morgan fingerprint density at radius 3 is 2.59 bits per heavy atom. The lowest BCUT2D eigenvalue weighted by molar-refractivity contribution is 0.0963. The Labute approximate surface area is 166 Å². The van der Waals surface area contributed by atoms with Crippen LogP contribution in [0.3, 0.4) is 0 Å². The van der Waals surface area contributed by atoms with Gasteiger partial charge in [-0.2, -0.15) is 0 Å². The van der Waals surface area contributed by atoms with E-state index in [1.54, 1.807) is 7.05 Å². The minimum atomic E-state index is -0.0741. The molecule has 0 aliphatic carbocycles. The van der Waals surface area contributed by atoms with Crippen LogP contribution in [0, 0.1) is 0 Å². The third-order valence-corrected chi connectivity index (χ3v) is 4.32. The molecule has 0 aliphatic heterocycles. The van der Waals surface area contributed by atoms with E-state index in [2.05, 4.69) is 28.5 Å². The maximum atomic E-state index is 11.8. The second-order valence-corrected chi connectivity index (χ2v) is 6.69. The first-order valence-electron chi connectivity index (χ1n) is 9.08. The predicted molar refractivity (Wildman–Crippen MR) is 112 cm³/mol. The van der Waals surface area contributed by atoms with Crippen LogP contribution in [-0.4, -0.2) is 44.0 Å². The molecule has 1 amide bonds. The molecule has 0 unspecified atom stereocenters. The summed E-state index contributed by atoms with van der Waals surface area (Å²) in [4.78, 5) is 18.6. The number of benzene rings is 2. The van der Waals surface area contributed by atoms with Crippen molar-refractivity contribution in [1.82, 2.24) is 15.5 Å². The molecular weight excluding hydrogens is 360 g/mol. The Hall–Kier alpha value is -2.53. The van der Waals surface area contributed by atoms with Crippen molar-refractivity contribution in [2.75, 3.05) is 27.2 Å². The van der Waals surface area contributed by atoms with E-state index >= 15 is 0 Å². The fourth-order valence-corrected chi connectivity index (χ4v) is 2.97. The summed E-state index contributed by atoms with van der Waals surface area (Å²) >= 11 is 6.07. The van der Waals surface area contributed by atoms with E-state index < -0.39 is 0 Å². The number of amides is 1. The molecule has 0 spiro atoms. The summed E-state index contributed by atoms with van der Waals surface area (Å²) in [7, 11) is 3.65. The van der Waals surface area contributed by atoms with Gasteiger partial charge >= 0.3 is 0 Å². The molecule has 0 radical (unpaired) electrons. The smallest absolute Gasteiger partial charge is 0.251 e. The fraction of sp³-hybridized carbons (Fsp3) is 0.333. The van der Waals surface area contributed by atoms with Gasteiger partial charge in [0.05, 0.1) is 0 Å². The number of hydrogen-bond donors (Lipinski definition) is 2. The second-order valence-electron chi connectivity index (χ2n) is 6.25. The molecule has 0 fully saturated rings. The molecule has 2 aromatic carbocycles. The fourth-order valence-electron chi connectivity index (χ4n) is 2.76. The molecule has 0 bridgehead atoms. The van der Waals surface area contributed by atoms with Crippen molar-refractivity contribution in [2.24, 2.45) is 4.99 Å². The van der Waals surface area contributed by atoms with Crippen molar-refractivity contribution in [1.29, 1.82) is 0 Å². The third kappa shape index (κ3) is 6.61. The normalized spacial score (nSPS) is 11.2. The Bertz CT molecular complexity index is 791. The number of aliphatic imine (C=N–C) groups is 1. The van der Waals surface area contributed by atoms with E-state index in [0.29, 0.717) is 12.1 Å². The number of nitrogens with zero attached hydrogens (tertiary/aromatic N) is 2. The number of carbonyl (C=O) groups is 1. The summed E-state index contributed by atoms with van der Waals surface area (Å²) in [5, 5.41) is 6.71. The van der Waals surface area contributed by atoms with Crippen LogP contribution >= 0.6 is 11.6 Å². The standard InChI is InChI=1S/C21H27ClN4O/c1-4-24-21(26(3)15-17-8-6-10-19(22)14-17)25-12-11-16-7-5-9-18(13-16)20(27)23-2/h5-10,13-14H,4,11-12,15H2,1-3H3,(H,23,27)(H,24,25). The van der Waals surface area contributed by atoms with Crippen LogP contribution in [-0.2, 0) is 13.0 Å². The number of rotatable bonds is 7. The summed E-state index contributed by atoms with van der Waals surface area (Å²) in [6, 6.07) is 15.5. The van der Waals surface area contributed by atoms with Crippen molar-refractivity contribution in [3.8, 4) is 0 Å². The van der Waals surface area contributed by atoms with Crippen LogP contribution in [0.15, 0.2) is 53.5 Å². The number of guanidine groups is 1. The van der Waals surface area contributed by atoms with Gasteiger partial charge in [-0.3, -0.25) is 9.79 Å². The van der Waals surface area contributed by atoms with E-state index in [1.165, 1.54) is 0 Å². The molecule has 5 nitrogen and oxygen atoms in total. The third-order valence-electron chi connectivity index (χ3n) is 4.08. The zero-order chi connectivity index (χ0) is 19.6. The highest BCUT2D eigenvalue weighted by Crippen LogP contribution is 2.12. The van der Waals surface area contributed by atoms with Crippen LogP contribution in [0.2, 0.25) is 5.02 Å². The number of halogens is 1. The zero-order valence-electron chi connectivity index (χ0n) is 16.1. The van der Waals surface area contributed by atoms with E-state index in [-0.39, 0.29) is 5.91 Å². The SMILES string of the molecule is CCNC(=NCCc1cccc(C(=O)NC)c1)N(C)Cc1cccc(Cl)c1. The lowest BCUT2D eigenvalue weighted by atomic mass is 10.1. The van der Waals surface area contributed by atoms with E-state index in [4.69, 9.17) is 16.6 Å². The summed E-state index contributed by atoms with van der Waals surface area (Å²) in [5.41, 5.74) is 2.89. The monoisotopic (exact) mass is 386 g/mol. The van der Waals surface area contributed by atoms with Gasteiger partial charge in [0.2, 0.25) is 0 Å². The van der Waals surface area contributed by atoms with Gasteiger partial charge < -0.3 is 15.5 Å². The number of carbonyl (C=O) groups excluding carboxylic acids is 1. The van der Waals surface area contributed by atoms with Crippen molar-refractivity contribution >= 4 is 23.5 Å². The first-order valence-corrected chi connectivity index (χ1v) is 9.46. The van der Waals surface area contributed by atoms with Gasteiger partial charge in [0.15, 0.2) is 5.96 Å². The lowest BCUT2D eigenvalue weighted by Crippen LogP contribution is -2.38. The molecule has 2 aromatic rings. The summed E-state index contributed by atoms with van der Waals surface area (Å²) in [5.74, 6) is 0.773. The van der Waals surface area contributed by atoms with Crippen LogP contribution in [0.5, 0.6) is 0 Å². The predicted octanol–water partition coefficient (Wildman–Crippen LogP) is 3.34. The number of nitrogens with one attached hydrogen (secondary N) is 2. The Morgan fingerprint density at radius 1 is 1.15 bits per heavy atom. The molecular formula is C21H27ClN4O. The van der Waals surface area contributed by atoms with Gasteiger partial charge in [0.1, 0.15) is 0 Å². The highest BCUT2D eigenvalue weighted by molar-refractivity contribution is 6.30. The van der Waals surface area contributed by atoms with Gasteiger partial charge in [0, 0.05) is 44.3 Å². The molecule has 144 valence electrons. The van der Waals surface area contributed by atoms with E-state index in [0.717, 1.165) is 41.6 Å². The topological polar surface area (TPSA) is 56.7 Å². The Kier molecular flexibility index (Phi) is 8.14. The maximum Gasteiger partial charge on any atom is 0.251 e. The number of hydrogen-bond acceptors (Lipinski definition) is 2. The quantitative estimate of drug-likeness (QED) is 0.566. The first-order chi connectivity index (χ1) is 13.0.